The molecule has 96 valence electrons. The predicted octanol–water partition coefficient (Wildman–Crippen LogP) is -0.890. The lowest BCUT2D eigenvalue weighted by Crippen LogP contribution is -2.54. The van der Waals surface area contributed by atoms with Crippen molar-refractivity contribution in [2.75, 3.05) is 52.6 Å². The lowest BCUT2D eigenvalue weighted by atomic mass is 10.4. The van der Waals surface area contributed by atoms with E-state index in [4.69, 9.17) is 20.3 Å². The number of guanidine groups is 2. The van der Waals surface area contributed by atoms with Crippen molar-refractivity contribution >= 4 is 11.9 Å². The maximum Gasteiger partial charge on any atom is 0.198 e. The molecule has 0 atom stereocenters. The van der Waals surface area contributed by atoms with Crippen LogP contribution in [-0.4, -0.2) is 74.3 Å². The third-order valence-electron chi connectivity index (χ3n) is 2.89. The van der Waals surface area contributed by atoms with Gasteiger partial charge in [0.1, 0.15) is 0 Å². The molecule has 0 unspecified atom stereocenters. The Kier molecular flexibility index (Phi) is 4.16. The van der Waals surface area contributed by atoms with Crippen LogP contribution in [0.2, 0.25) is 0 Å². The Morgan fingerprint density at radius 2 is 1.12 bits per heavy atom. The Bertz CT molecular complexity index is 256. The molecule has 2 saturated heterocycles. The molecule has 17 heavy (non-hydrogen) atoms. The third kappa shape index (κ3) is 3.31. The van der Waals surface area contributed by atoms with Crippen LogP contribution in [0, 0.1) is 10.8 Å². The molecule has 3 N–H and O–H groups in total. The normalized spacial score (nSPS) is 21.2. The SMILES string of the molecule is N=C(NC(=N)N1CCOCC1)N1CCOCC1. The van der Waals surface area contributed by atoms with Crippen LogP contribution < -0.4 is 5.32 Å². The second kappa shape index (κ2) is 5.83. The topological polar surface area (TPSA) is 84.7 Å². The van der Waals surface area contributed by atoms with Crippen molar-refractivity contribution in [3.8, 4) is 0 Å². The predicted molar refractivity (Wildman–Crippen MR) is 63.4 cm³/mol. The van der Waals surface area contributed by atoms with Crippen molar-refractivity contribution in [1.82, 2.24) is 15.1 Å². The van der Waals surface area contributed by atoms with Gasteiger partial charge in [0.2, 0.25) is 0 Å². The number of nitrogens with zero attached hydrogens (tertiary/aromatic N) is 2. The first-order valence-electron chi connectivity index (χ1n) is 5.87. The molecule has 2 aliphatic rings. The number of hydrogen-bond donors (Lipinski definition) is 3. The van der Waals surface area contributed by atoms with Gasteiger partial charge in [-0.15, -0.1) is 0 Å². The minimum Gasteiger partial charge on any atom is -0.378 e. The quantitative estimate of drug-likeness (QED) is 0.378. The summed E-state index contributed by atoms with van der Waals surface area (Å²) in [6.45, 7) is 5.43. The van der Waals surface area contributed by atoms with Crippen molar-refractivity contribution in [1.29, 1.82) is 10.8 Å². The van der Waals surface area contributed by atoms with Crippen molar-refractivity contribution in [3.63, 3.8) is 0 Å². The number of hydrogen-bond acceptors (Lipinski definition) is 4. The lowest BCUT2D eigenvalue weighted by molar-refractivity contribution is 0.0635. The number of morpholine rings is 2. The smallest absolute Gasteiger partial charge is 0.198 e. The van der Waals surface area contributed by atoms with Gasteiger partial charge in [-0.3, -0.25) is 16.1 Å². The van der Waals surface area contributed by atoms with Gasteiger partial charge in [0.15, 0.2) is 11.9 Å². The molecule has 0 spiro atoms. The van der Waals surface area contributed by atoms with Gasteiger partial charge < -0.3 is 19.3 Å². The van der Waals surface area contributed by atoms with Gasteiger partial charge in [-0.1, -0.05) is 0 Å². The summed E-state index contributed by atoms with van der Waals surface area (Å²) in [4.78, 5) is 3.77. The first kappa shape index (κ1) is 12.1. The van der Waals surface area contributed by atoms with Crippen LogP contribution in [0.4, 0.5) is 0 Å². The summed E-state index contributed by atoms with van der Waals surface area (Å²) >= 11 is 0. The first-order valence-corrected chi connectivity index (χ1v) is 5.87. The van der Waals surface area contributed by atoms with Crippen molar-refractivity contribution in [2.45, 2.75) is 0 Å². The molecule has 0 aliphatic carbocycles. The zero-order chi connectivity index (χ0) is 12.1. The Hall–Kier alpha value is -1.34. The van der Waals surface area contributed by atoms with Crippen molar-refractivity contribution < 1.29 is 9.47 Å². The highest BCUT2D eigenvalue weighted by Gasteiger charge is 2.18. The van der Waals surface area contributed by atoms with E-state index in [1.54, 1.807) is 0 Å². The molecule has 7 nitrogen and oxygen atoms in total. The highest BCUT2D eigenvalue weighted by molar-refractivity contribution is 5.95. The van der Waals surface area contributed by atoms with Crippen LogP contribution in [0.1, 0.15) is 0 Å². The molecule has 0 saturated carbocycles. The number of ether oxygens (including phenoxy) is 2. The van der Waals surface area contributed by atoms with Crippen LogP contribution in [0.5, 0.6) is 0 Å². The maximum atomic E-state index is 7.89. The molecular formula is C10H19N5O2. The standard InChI is InChI=1S/C10H19N5O2/c11-9(14-1-5-16-6-2-14)13-10(12)15-3-7-17-8-4-15/h1-8H2,(H3,11,12,13). The molecule has 0 bridgehead atoms. The summed E-state index contributed by atoms with van der Waals surface area (Å²) in [5, 5.41) is 18.6. The summed E-state index contributed by atoms with van der Waals surface area (Å²) < 4.78 is 10.4. The maximum absolute atomic E-state index is 7.89. The molecule has 0 amide bonds. The molecule has 2 aliphatic heterocycles. The lowest BCUT2D eigenvalue weighted by Gasteiger charge is -2.33. The zero-order valence-corrected chi connectivity index (χ0v) is 9.87. The summed E-state index contributed by atoms with van der Waals surface area (Å²) in [6, 6.07) is 0. The third-order valence-corrected chi connectivity index (χ3v) is 2.89. The summed E-state index contributed by atoms with van der Waals surface area (Å²) in [5.41, 5.74) is 0. The van der Waals surface area contributed by atoms with Crippen molar-refractivity contribution in [3.05, 3.63) is 0 Å². The Balaban J connectivity index is 1.78. The van der Waals surface area contributed by atoms with Gasteiger partial charge in [-0.05, 0) is 0 Å². The fourth-order valence-corrected chi connectivity index (χ4v) is 1.84. The van der Waals surface area contributed by atoms with Crippen LogP contribution >= 0.6 is 0 Å². The highest BCUT2D eigenvalue weighted by Crippen LogP contribution is 1.99. The van der Waals surface area contributed by atoms with Gasteiger partial charge in [0.05, 0.1) is 26.4 Å². The van der Waals surface area contributed by atoms with Gasteiger partial charge in [0, 0.05) is 26.2 Å². The van der Waals surface area contributed by atoms with Gasteiger partial charge in [0.25, 0.3) is 0 Å². The molecule has 7 heteroatoms. The van der Waals surface area contributed by atoms with E-state index >= 15 is 0 Å². The molecular weight excluding hydrogens is 222 g/mol. The summed E-state index contributed by atoms with van der Waals surface area (Å²) in [5.74, 6) is 0.564. The van der Waals surface area contributed by atoms with E-state index in [1.165, 1.54) is 0 Å². The molecule has 2 heterocycles. The molecule has 0 radical (unpaired) electrons. The minimum atomic E-state index is 0.282. The fraction of sp³-hybridized carbons (Fsp3) is 0.800. The van der Waals surface area contributed by atoms with E-state index in [0.717, 1.165) is 0 Å². The minimum absolute atomic E-state index is 0.282. The second-order valence-electron chi connectivity index (χ2n) is 4.02. The first-order chi connectivity index (χ1) is 8.27. The number of rotatable bonds is 0. The monoisotopic (exact) mass is 241 g/mol. The largest absolute Gasteiger partial charge is 0.378 e. The average molecular weight is 241 g/mol. The van der Waals surface area contributed by atoms with E-state index in [1.807, 2.05) is 9.80 Å². The molecule has 2 rings (SSSR count). The van der Waals surface area contributed by atoms with E-state index in [0.29, 0.717) is 52.6 Å². The van der Waals surface area contributed by atoms with Crippen LogP contribution in [0.15, 0.2) is 0 Å². The van der Waals surface area contributed by atoms with E-state index in [9.17, 15) is 0 Å². The van der Waals surface area contributed by atoms with Crippen LogP contribution in [0.25, 0.3) is 0 Å². The van der Waals surface area contributed by atoms with Crippen LogP contribution in [-0.2, 0) is 9.47 Å². The summed E-state index contributed by atoms with van der Waals surface area (Å²) in [6.07, 6.45) is 0. The fourth-order valence-electron chi connectivity index (χ4n) is 1.84. The van der Waals surface area contributed by atoms with Gasteiger partial charge >= 0.3 is 0 Å². The van der Waals surface area contributed by atoms with Crippen LogP contribution in [0.3, 0.4) is 0 Å². The molecule has 0 aromatic carbocycles. The van der Waals surface area contributed by atoms with E-state index < -0.39 is 0 Å². The summed E-state index contributed by atoms with van der Waals surface area (Å²) in [7, 11) is 0. The van der Waals surface area contributed by atoms with E-state index in [-0.39, 0.29) is 11.9 Å². The zero-order valence-electron chi connectivity index (χ0n) is 9.87. The van der Waals surface area contributed by atoms with Gasteiger partial charge in [-0.25, -0.2) is 0 Å². The second-order valence-corrected chi connectivity index (χ2v) is 4.02. The Morgan fingerprint density at radius 1 is 0.765 bits per heavy atom. The Morgan fingerprint density at radius 3 is 1.47 bits per heavy atom. The van der Waals surface area contributed by atoms with Crippen molar-refractivity contribution in [2.24, 2.45) is 0 Å². The highest BCUT2D eigenvalue weighted by atomic mass is 16.5. The van der Waals surface area contributed by atoms with E-state index in [2.05, 4.69) is 5.32 Å². The molecule has 0 aromatic heterocycles. The average Bonchev–Trinajstić information content (AvgIpc) is 2.40. The Labute approximate surface area is 101 Å². The van der Waals surface area contributed by atoms with Gasteiger partial charge in [-0.2, -0.15) is 0 Å². The molecule has 0 aromatic rings. The molecule has 2 fully saturated rings. The number of nitrogens with one attached hydrogen (secondary N) is 3.